The van der Waals surface area contributed by atoms with Crippen molar-refractivity contribution in [2.75, 3.05) is 6.54 Å². The Hall–Kier alpha value is -2.04. The minimum absolute atomic E-state index is 0.110. The van der Waals surface area contributed by atoms with E-state index in [1.54, 1.807) is 30.0 Å². The number of benzene rings is 2. The number of amides is 2. The number of nitrogens with zero attached hydrogens (tertiary/aromatic N) is 1. The molecule has 2 aromatic carbocycles. The minimum Gasteiger partial charge on any atom is -0.354 e. The lowest BCUT2D eigenvalue weighted by atomic mass is 10.1. The van der Waals surface area contributed by atoms with Crippen molar-refractivity contribution >= 4 is 35.0 Å². The number of hydrogen-bond donors (Lipinski definition) is 1. The van der Waals surface area contributed by atoms with Crippen LogP contribution in [-0.2, 0) is 22.6 Å². The summed E-state index contributed by atoms with van der Waals surface area (Å²) >= 11 is 12.6. The molecule has 0 bridgehead atoms. The Morgan fingerprint density at radius 2 is 1.69 bits per heavy atom. The second-order valence-electron chi connectivity index (χ2n) is 7.17. The van der Waals surface area contributed by atoms with Gasteiger partial charge in [0.15, 0.2) is 0 Å². The van der Waals surface area contributed by atoms with Crippen molar-refractivity contribution in [3.8, 4) is 0 Å². The molecule has 0 aliphatic rings. The molecule has 2 amide bonds. The second kappa shape index (κ2) is 11.2. The Morgan fingerprint density at radius 1 is 1.07 bits per heavy atom. The molecule has 1 atom stereocenters. The van der Waals surface area contributed by atoms with Crippen LogP contribution in [0.4, 0.5) is 0 Å². The van der Waals surface area contributed by atoms with Gasteiger partial charge < -0.3 is 10.2 Å². The van der Waals surface area contributed by atoms with Crippen molar-refractivity contribution in [2.45, 2.75) is 52.6 Å². The van der Waals surface area contributed by atoms with Gasteiger partial charge in [-0.1, -0.05) is 66.0 Å². The maximum absolute atomic E-state index is 13.1. The molecular weight excluding hydrogens is 407 g/mol. The van der Waals surface area contributed by atoms with Crippen LogP contribution >= 0.6 is 23.2 Å². The minimum atomic E-state index is -0.626. The molecule has 2 aromatic rings. The monoisotopic (exact) mass is 434 g/mol. The highest BCUT2D eigenvalue weighted by atomic mass is 35.5. The van der Waals surface area contributed by atoms with Crippen LogP contribution in [0, 0.1) is 6.92 Å². The van der Waals surface area contributed by atoms with E-state index in [-0.39, 0.29) is 18.4 Å². The van der Waals surface area contributed by atoms with E-state index in [0.717, 1.165) is 12.0 Å². The van der Waals surface area contributed by atoms with E-state index in [4.69, 9.17) is 23.2 Å². The summed E-state index contributed by atoms with van der Waals surface area (Å²) in [5.74, 6) is -0.292. The van der Waals surface area contributed by atoms with E-state index >= 15 is 0 Å². The molecule has 2 rings (SSSR count). The first kappa shape index (κ1) is 23.2. The highest BCUT2D eigenvalue weighted by Crippen LogP contribution is 2.27. The van der Waals surface area contributed by atoms with Crippen LogP contribution in [0.15, 0.2) is 42.5 Å². The fourth-order valence-corrected chi connectivity index (χ4v) is 3.50. The lowest BCUT2D eigenvalue weighted by Crippen LogP contribution is -2.47. The van der Waals surface area contributed by atoms with Gasteiger partial charge in [0, 0.05) is 35.1 Å². The third-order valence-corrected chi connectivity index (χ3v) is 5.56. The first-order valence-corrected chi connectivity index (χ1v) is 10.6. The van der Waals surface area contributed by atoms with Gasteiger partial charge in [-0.2, -0.15) is 0 Å². The molecule has 0 heterocycles. The van der Waals surface area contributed by atoms with Crippen LogP contribution in [0.5, 0.6) is 0 Å². The fourth-order valence-electron chi connectivity index (χ4n) is 2.98. The molecule has 6 heteroatoms. The van der Waals surface area contributed by atoms with Crippen molar-refractivity contribution in [1.29, 1.82) is 0 Å². The molecule has 0 aromatic heterocycles. The Labute approximate surface area is 183 Å². The summed E-state index contributed by atoms with van der Waals surface area (Å²) in [5, 5.41) is 3.83. The van der Waals surface area contributed by atoms with E-state index in [1.165, 1.54) is 5.56 Å². The van der Waals surface area contributed by atoms with E-state index in [9.17, 15) is 9.59 Å². The Kier molecular flexibility index (Phi) is 8.99. The molecule has 0 saturated heterocycles. The highest BCUT2D eigenvalue weighted by Gasteiger charge is 2.27. The largest absolute Gasteiger partial charge is 0.354 e. The molecule has 0 aliphatic carbocycles. The lowest BCUT2D eigenvalue weighted by molar-refractivity contribution is -0.140. The molecule has 0 spiro atoms. The number of carbonyl (C=O) groups is 2. The van der Waals surface area contributed by atoms with E-state index < -0.39 is 6.04 Å². The topological polar surface area (TPSA) is 49.4 Å². The molecule has 1 unspecified atom stereocenters. The normalized spacial score (nSPS) is 11.8. The molecule has 29 heavy (non-hydrogen) atoms. The maximum Gasteiger partial charge on any atom is 0.242 e. The second-order valence-corrected chi connectivity index (χ2v) is 7.99. The average molecular weight is 435 g/mol. The molecule has 0 aliphatic heterocycles. The first-order chi connectivity index (χ1) is 13.8. The van der Waals surface area contributed by atoms with Gasteiger partial charge in [0.05, 0.1) is 0 Å². The van der Waals surface area contributed by atoms with Crippen LogP contribution in [0.1, 0.15) is 43.4 Å². The molecular formula is C23H28Cl2N2O2. The number of aryl methyl sites for hydroxylation is 2. The zero-order chi connectivity index (χ0) is 21.4. The molecule has 1 N–H and O–H groups in total. The van der Waals surface area contributed by atoms with Gasteiger partial charge >= 0.3 is 0 Å². The summed E-state index contributed by atoms with van der Waals surface area (Å²) in [4.78, 5) is 27.2. The van der Waals surface area contributed by atoms with Crippen LogP contribution in [-0.4, -0.2) is 29.3 Å². The van der Waals surface area contributed by atoms with Gasteiger partial charge in [-0.25, -0.2) is 0 Å². The van der Waals surface area contributed by atoms with Crippen molar-refractivity contribution in [1.82, 2.24) is 10.2 Å². The van der Waals surface area contributed by atoms with Crippen LogP contribution < -0.4 is 5.32 Å². The summed E-state index contributed by atoms with van der Waals surface area (Å²) in [5.41, 5.74) is 2.91. The number of rotatable bonds is 9. The van der Waals surface area contributed by atoms with Crippen LogP contribution in [0.25, 0.3) is 0 Å². The Balaban J connectivity index is 2.19. The SMILES string of the molecule is CCCNC(=O)C(C)N(Cc1c(Cl)cccc1Cl)C(=O)CCc1ccc(C)cc1. The number of carbonyl (C=O) groups excluding carboxylic acids is 2. The molecule has 0 radical (unpaired) electrons. The maximum atomic E-state index is 13.1. The molecule has 0 fully saturated rings. The molecule has 4 nitrogen and oxygen atoms in total. The van der Waals surface area contributed by atoms with E-state index in [0.29, 0.717) is 35.0 Å². The zero-order valence-electron chi connectivity index (χ0n) is 17.2. The number of hydrogen-bond acceptors (Lipinski definition) is 2. The molecule has 156 valence electrons. The Morgan fingerprint density at radius 3 is 2.28 bits per heavy atom. The quantitative estimate of drug-likeness (QED) is 0.590. The summed E-state index contributed by atoms with van der Waals surface area (Å²) in [6, 6.07) is 12.7. The van der Waals surface area contributed by atoms with Gasteiger partial charge in [-0.05, 0) is 44.4 Å². The fraction of sp³-hybridized carbons (Fsp3) is 0.391. The van der Waals surface area contributed by atoms with Crippen molar-refractivity contribution < 1.29 is 9.59 Å². The number of nitrogens with one attached hydrogen (secondary N) is 1. The standard InChI is InChI=1S/C23H28Cl2N2O2/c1-4-14-26-23(29)17(3)27(15-19-20(24)6-5-7-21(19)25)22(28)13-12-18-10-8-16(2)9-11-18/h5-11,17H,4,12-15H2,1-3H3,(H,26,29). The zero-order valence-corrected chi connectivity index (χ0v) is 18.7. The highest BCUT2D eigenvalue weighted by molar-refractivity contribution is 6.36. The van der Waals surface area contributed by atoms with Crippen LogP contribution in [0.3, 0.4) is 0 Å². The summed E-state index contributed by atoms with van der Waals surface area (Å²) in [6.07, 6.45) is 1.74. The van der Waals surface area contributed by atoms with Gasteiger partial charge in [-0.3, -0.25) is 9.59 Å². The van der Waals surface area contributed by atoms with Gasteiger partial charge in [0.2, 0.25) is 11.8 Å². The van der Waals surface area contributed by atoms with E-state index in [2.05, 4.69) is 5.32 Å². The third kappa shape index (κ3) is 6.76. The van der Waals surface area contributed by atoms with Crippen LogP contribution in [0.2, 0.25) is 10.0 Å². The predicted octanol–water partition coefficient (Wildman–Crippen LogP) is 5.18. The first-order valence-electron chi connectivity index (χ1n) is 9.89. The van der Waals surface area contributed by atoms with Gasteiger partial charge in [0.25, 0.3) is 0 Å². The summed E-state index contributed by atoms with van der Waals surface area (Å²) < 4.78 is 0. The Bertz CT molecular complexity index is 817. The lowest BCUT2D eigenvalue weighted by Gasteiger charge is -2.29. The van der Waals surface area contributed by atoms with Crippen molar-refractivity contribution in [3.05, 3.63) is 69.2 Å². The summed E-state index contributed by atoms with van der Waals surface area (Å²) in [6.45, 7) is 6.51. The third-order valence-electron chi connectivity index (χ3n) is 4.85. The van der Waals surface area contributed by atoms with Gasteiger partial charge in [-0.15, -0.1) is 0 Å². The van der Waals surface area contributed by atoms with Crippen molar-refractivity contribution in [2.24, 2.45) is 0 Å². The average Bonchev–Trinajstić information content (AvgIpc) is 2.70. The predicted molar refractivity (Wildman–Crippen MR) is 119 cm³/mol. The smallest absolute Gasteiger partial charge is 0.242 e. The van der Waals surface area contributed by atoms with Gasteiger partial charge in [0.1, 0.15) is 6.04 Å². The summed E-state index contributed by atoms with van der Waals surface area (Å²) in [7, 11) is 0. The molecule has 0 saturated carbocycles. The van der Waals surface area contributed by atoms with Crippen molar-refractivity contribution in [3.63, 3.8) is 0 Å². The number of halogens is 2. The van der Waals surface area contributed by atoms with E-state index in [1.807, 2.05) is 38.1 Å².